The Hall–Kier alpha value is -4.04. The number of carbonyl (C=O) groups is 2. The summed E-state index contributed by atoms with van der Waals surface area (Å²) in [5.41, 5.74) is 2.67. The minimum absolute atomic E-state index is 0.197. The van der Waals surface area contributed by atoms with Gasteiger partial charge in [0.05, 0.1) is 11.1 Å². The van der Waals surface area contributed by atoms with Gasteiger partial charge in [0.1, 0.15) is 6.10 Å². The number of piperidine rings is 1. The Labute approximate surface area is 213 Å². The third-order valence-electron chi connectivity index (χ3n) is 8.36. The number of rotatable bonds is 4. The minimum atomic E-state index is -0.590. The maximum absolute atomic E-state index is 13.0. The Morgan fingerprint density at radius 2 is 1.78 bits per heavy atom. The zero-order valence-corrected chi connectivity index (χ0v) is 20.2. The summed E-state index contributed by atoms with van der Waals surface area (Å²) in [7, 11) is 2.17. The highest BCUT2D eigenvalue weighted by Gasteiger charge is 2.65. The Morgan fingerprint density at radius 3 is 2.51 bits per heavy atom. The summed E-state index contributed by atoms with van der Waals surface area (Å²) in [5, 5.41) is 0. The zero-order valence-electron chi connectivity index (χ0n) is 20.2. The molecule has 5 atom stereocenters. The predicted molar refractivity (Wildman–Crippen MR) is 133 cm³/mol. The van der Waals surface area contributed by atoms with Gasteiger partial charge in [-0.25, -0.2) is 9.59 Å². The first-order valence-corrected chi connectivity index (χ1v) is 12.5. The SMILES string of the molecule is CN1CC[C@]23c4c5ccc(OC(=O)c6cccnc6)c4O[C@H]2[C@@H](OC(=O)c2cccnc2)C=C[C@H]3C1C5. The fourth-order valence-electron chi connectivity index (χ4n) is 6.71. The van der Waals surface area contributed by atoms with Gasteiger partial charge in [0.2, 0.25) is 0 Å². The van der Waals surface area contributed by atoms with Crippen molar-refractivity contribution < 1.29 is 23.8 Å². The van der Waals surface area contributed by atoms with E-state index in [2.05, 4.69) is 34.1 Å². The number of benzene rings is 1. The standard InChI is InChI=1S/C29H25N3O5/c1-32-13-10-29-20-7-9-23(36-28(34)19-5-3-12-31-16-19)26(29)37-25-22(8-6-17(24(25)29)14-21(20)32)35-27(33)18-4-2-11-30-15-18/h2-9,11-12,15-16,20-21,23,26H,10,13-14H2,1H3/t20-,21?,23-,26-,29-/m0/s1. The molecule has 1 fully saturated rings. The van der Waals surface area contributed by atoms with Gasteiger partial charge < -0.3 is 19.1 Å². The van der Waals surface area contributed by atoms with E-state index in [1.165, 1.54) is 18.0 Å². The summed E-state index contributed by atoms with van der Waals surface area (Å²) in [5.74, 6) is 0.221. The van der Waals surface area contributed by atoms with Crippen molar-refractivity contribution >= 4 is 11.9 Å². The van der Waals surface area contributed by atoms with Crippen LogP contribution in [0, 0.1) is 5.92 Å². The molecule has 7 rings (SSSR count). The van der Waals surface area contributed by atoms with Crippen molar-refractivity contribution in [1.29, 1.82) is 0 Å². The topological polar surface area (TPSA) is 90.9 Å². The number of ether oxygens (including phenoxy) is 3. The van der Waals surface area contributed by atoms with E-state index >= 15 is 0 Å². The highest BCUT2D eigenvalue weighted by atomic mass is 16.6. The number of esters is 2. The molecule has 4 aliphatic rings. The molecule has 2 aliphatic heterocycles. The molecule has 2 aliphatic carbocycles. The van der Waals surface area contributed by atoms with E-state index in [1.807, 2.05) is 12.1 Å². The summed E-state index contributed by atoms with van der Waals surface area (Å²) in [6, 6.07) is 10.9. The van der Waals surface area contributed by atoms with Gasteiger partial charge in [-0.1, -0.05) is 12.1 Å². The summed E-state index contributed by atoms with van der Waals surface area (Å²) >= 11 is 0. The smallest absolute Gasteiger partial charge is 0.345 e. The van der Waals surface area contributed by atoms with Crippen LogP contribution < -0.4 is 9.47 Å². The third kappa shape index (κ3) is 3.25. The first-order chi connectivity index (χ1) is 18.1. The number of carbonyl (C=O) groups excluding carboxylic acids is 2. The van der Waals surface area contributed by atoms with E-state index in [-0.39, 0.29) is 11.3 Å². The van der Waals surface area contributed by atoms with Crippen LogP contribution in [0.2, 0.25) is 0 Å². The molecular formula is C29H25N3O5. The maximum Gasteiger partial charge on any atom is 0.345 e. The Balaban J connectivity index is 1.29. The summed E-state index contributed by atoms with van der Waals surface area (Å²) in [4.78, 5) is 36.4. The number of nitrogens with zero attached hydrogens (tertiary/aromatic N) is 3. The molecule has 2 aromatic heterocycles. The first-order valence-electron chi connectivity index (χ1n) is 12.5. The molecule has 1 aromatic carbocycles. The maximum atomic E-state index is 13.0. The monoisotopic (exact) mass is 495 g/mol. The van der Waals surface area contributed by atoms with Gasteiger partial charge in [0.25, 0.3) is 0 Å². The van der Waals surface area contributed by atoms with Crippen molar-refractivity contribution in [3.05, 3.63) is 95.6 Å². The molecule has 2 bridgehead atoms. The Bertz CT molecular complexity index is 1430. The third-order valence-corrected chi connectivity index (χ3v) is 8.36. The lowest BCUT2D eigenvalue weighted by molar-refractivity contribution is -0.0555. The fourth-order valence-corrected chi connectivity index (χ4v) is 6.71. The van der Waals surface area contributed by atoms with Crippen LogP contribution >= 0.6 is 0 Å². The molecular weight excluding hydrogens is 470 g/mol. The lowest BCUT2D eigenvalue weighted by Gasteiger charge is -2.56. The highest BCUT2D eigenvalue weighted by Crippen LogP contribution is 2.62. The second-order valence-corrected chi connectivity index (χ2v) is 10.2. The second kappa shape index (κ2) is 8.24. The second-order valence-electron chi connectivity index (χ2n) is 10.2. The number of likely N-dealkylation sites (tertiary alicyclic amines) is 1. The summed E-state index contributed by atoms with van der Waals surface area (Å²) < 4.78 is 18.5. The number of pyridine rings is 2. The van der Waals surface area contributed by atoms with Gasteiger partial charge in [-0.2, -0.15) is 0 Å². The summed E-state index contributed by atoms with van der Waals surface area (Å²) in [6.45, 7) is 0.900. The van der Waals surface area contributed by atoms with Crippen LogP contribution in [0.25, 0.3) is 0 Å². The van der Waals surface area contributed by atoms with Crippen molar-refractivity contribution in [3.8, 4) is 11.5 Å². The van der Waals surface area contributed by atoms with Crippen LogP contribution in [-0.2, 0) is 16.6 Å². The van der Waals surface area contributed by atoms with Gasteiger partial charge >= 0.3 is 11.9 Å². The Morgan fingerprint density at radius 1 is 1.03 bits per heavy atom. The molecule has 8 nitrogen and oxygen atoms in total. The fraction of sp³-hybridized carbons (Fsp3) is 0.310. The van der Waals surface area contributed by atoms with Gasteiger partial charge in [0, 0.05) is 47.7 Å². The van der Waals surface area contributed by atoms with Crippen molar-refractivity contribution in [2.24, 2.45) is 5.92 Å². The number of hydrogen-bond acceptors (Lipinski definition) is 8. The van der Waals surface area contributed by atoms with Crippen LogP contribution in [0.4, 0.5) is 0 Å². The van der Waals surface area contributed by atoms with E-state index in [9.17, 15) is 9.59 Å². The van der Waals surface area contributed by atoms with E-state index in [0.717, 1.165) is 24.9 Å². The molecule has 3 aromatic rings. The van der Waals surface area contributed by atoms with E-state index in [0.29, 0.717) is 28.7 Å². The molecule has 1 spiro atoms. The van der Waals surface area contributed by atoms with Gasteiger partial charge in [-0.05, 0) is 68.4 Å². The van der Waals surface area contributed by atoms with Crippen LogP contribution in [0.15, 0.2) is 73.3 Å². The van der Waals surface area contributed by atoms with Crippen molar-refractivity contribution in [2.45, 2.75) is 36.5 Å². The molecule has 186 valence electrons. The highest BCUT2D eigenvalue weighted by molar-refractivity contribution is 5.91. The van der Waals surface area contributed by atoms with Crippen LogP contribution in [0.1, 0.15) is 38.3 Å². The van der Waals surface area contributed by atoms with Crippen LogP contribution in [0.3, 0.4) is 0 Å². The van der Waals surface area contributed by atoms with Gasteiger partial charge in [0.15, 0.2) is 17.6 Å². The number of hydrogen-bond donors (Lipinski definition) is 0. The van der Waals surface area contributed by atoms with E-state index in [4.69, 9.17) is 14.2 Å². The largest absolute Gasteiger partial charge is 0.481 e. The average molecular weight is 496 g/mol. The number of aromatic nitrogens is 2. The normalized spacial score (nSPS) is 28.7. The quantitative estimate of drug-likeness (QED) is 0.309. The summed E-state index contributed by atoms with van der Waals surface area (Å²) in [6.07, 6.45) is 11.1. The molecule has 1 unspecified atom stereocenters. The van der Waals surface area contributed by atoms with Crippen LogP contribution in [-0.4, -0.2) is 58.6 Å². The van der Waals surface area contributed by atoms with Gasteiger partial charge in [-0.15, -0.1) is 0 Å². The first kappa shape index (κ1) is 22.2. The van der Waals surface area contributed by atoms with E-state index < -0.39 is 24.1 Å². The molecule has 8 heteroatoms. The molecule has 1 saturated heterocycles. The molecule has 0 radical (unpaired) electrons. The molecule has 37 heavy (non-hydrogen) atoms. The number of likely N-dealkylation sites (N-methyl/N-ethyl adjacent to an activating group) is 1. The minimum Gasteiger partial charge on any atom is -0.481 e. The van der Waals surface area contributed by atoms with Gasteiger partial charge in [-0.3, -0.25) is 9.97 Å². The molecule has 0 N–H and O–H groups in total. The van der Waals surface area contributed by atoms with E-state index in [1.54, 1.807) is 36.7 Å². The van der Waals surface area contributed by atoms with Crippen molar-refractivity contribution in [2.75, 3.05) is 13.6 Å². The van der Waals surface area contributed by atoms with Crippen LogP contribution in [0.5, 0.6) is 11.5 Å². The zero-order chi connectivity index (χ0) is 25.1. The molecule has 4 heterocycles. The Kier molecular flexibility index (Phi) is 4.94. The lowest BCUT2D eigenvalue weighted by Crippen LogP contribution is -2.65. The van der Waals surface area contributed by atoms with Crippen molar-refractivity contribution in [1.82, 2.24) is 14.9 Å². The molecule has 0 amide bonds. The average Bonchev–Trinajstić information content (AvgIpc) is 3.29. The lowest BCUT2D eigenvalue weighted by atomic mass is 9.53. The van der Waals surface area contributed by atoms with Crippen molar-refractivity contribution in [3.63, 3.8) is 0 Å². The predicted octanol–water partition coefficient (Wildman–Crippen LogP) is 3.37. The molecule has 0 saturated carbocycles.